The molecule has 0 fully saturated rings. The van der Waals surface area contributed by atoms with E-state index in [0.29, 0.717) is 25.4 Å². The molecule has 0 radical (unpaired) electrons. The minimum atomic E-state index is -2.90. The van der Waals surface area contributed by atoms with Crippen LogP contribution in [0.25, 0.3) is 0 Å². The second-order valence-electron chi connectivity index (χ2n) is 4.22. The minimum absolute atomic E-state index is 0.134. The molecule has 0 aromatic carbocycles. The first kappa shape index (κ1) is 16.9. The first-order valence-electron chi connectivity index (χ1n) is 5.88. The Morgan fingerprint density at radius 3 is 2.56 bits per heavy atom. The second kappa shape index (κ2) is 8.95. The second-order valence-corrected chi connectivity index (χ2v) is 6.48. The molecule has 0 amide bonds. The van der Waals surface area contributed by atoms with Gasteiger partial charge < -0.3 is 10.2 Å². The Bertz CT molecular complexity index is 416. The maximum Gasteiger partial charge on any atom is 0.148 e. The van der Waals surface area contributed by atoms with Crippen molar-refractivity contribution in [1.82, 2.24) is 5.32 Å². The van der Waals surface area contributed by atoms with Crippen molar-refractivity contribution in [2.24, 2.45) is 11.1 Å². The van der Waals surface area contributed by atoms with Crippen molar-refractivity contribution in [2.45, 2.75) is 20.8 Å². The van der Waals surface area contributed by atoms with Crippen LogP contribution in [-0.4, -0.2) is 45.8 Å². The summed E-state index contributed by atoms with van der Waals surface area (Å²) in [6.07, 6.45) is 1.22. The molecule has 5 nitrogen and oxygen atoms in total. The van der Waals surface area contributed by atoms with Crippen molar-refractivity contribution >= 4 is 15.5 Å². The lowest BCUT2D eigenvalue weighted by Gasteiger charge is -2.05. The molecule has 0 saturated heterocycles. The standard InChI is InChI=1S/C12H22N2O3S/c1-5-6-12(11(2)3)14-17-9-7-13-8-10-18(4,15)16/h11,13H,7-10H2,1-4H3/b14-12+. The molecule has 0 aromatic rings. The first-order valence-corrected chi connectivity index (χ1v) is 7.94. The van der Waals surface area contributed by atoms with Crippen molar-refractivity contribution < 1.29 is 13.3 Å². The lowest BCUT2D eigenvalue weighted by molar-refractivity contribution is 0.145. The third kappa shape index (κ3) is 10.1. The molecule has 0 atom stereocenters. The molecule has 1 N–H and O–H groups in total. The fourth-order valence-corrected chi connectivity index (χ4v) is 1.53. The number of nitrogens with zero attached hydrogens (tertiary/aromatic N) is 1. The lowest BCUT2D eigenvalue weighted by Crippen LogP contribution is -2.25. The van der Waals surface area contributed by atoms with Gasteiger partial charge in [-0.1, -0.05) is 24.9 Å². The molecule has 0 aromatic heterocycles. The Kier molecular flexibility index (Phi) is 8.42. The molecular formula is C12H22N2O3S. The Hall–Kier alpha value is -1.06. The largest absolute Gasteiger partial charge is 0.394 e. The summed E-state index contributed by atoms with van der Waals surface area (Å²) in [6.45, 7) is 7.13. The first-order chi connectivity index (χ1) is 8.37. The van der Waals surface area contributed by atoms with Crippen LogP contribution in [-0.2, 0) is 14.7 Å². The fourth-order valence-electron chi connectivity index (χ4n) is 1.02. The van der Waals surface area contributed by atoms with Crippen molar-refractivity contribution in [3.8, 4) is 11.8 Å². The number of rotatable bonds is 8. The summed E-state index contributed by atoms with van der Waals surface area (Å²) in [7, 11) is -2.90. The van der Waals surface area contributed by atoms with Gasteiger partial charge in [0.15, 0.2) is 0 Å². The van der Waals surface area contributed by atoms with Gasteiger partial charge in [0.25, 0.3) is 0 Å². The average molecular weight is 274 g/mol. The third-order valence-corrected chi connectivity index (χ3v) is 2.93. The summed E-state index contributed by atoms with van der Waals surface area (Å²) in [6, 6.07) is 0. The number of hydrogen-bond acceptors (Lipinski definition) is 5. The molecule has 0 spiro atoms. The summed E-state index contributed by atoms with van der Waals surface area (Å²) < 4.78 is 21.7. The molecule has 104 valence electrons. The van der Waals surface area contributed by atoms with Gasteiger partial charge in [-0.15, -0.1) is 0 Å². The predicted molar refractivity (Wildman–Crippen MR) is 74.3 cm³/mol. The van der Waals surface area contributed by atoms with Gasteiger partial charge in [0.1, 0.15) is 22.2 Å². The predicted octanol–water partition coefficient (Wildman–Crippen LogP) is 0.672. The highest BCUT2D eigenvalue weighted by Crippen LogP contribution is 1.96. The van der Waals surface area contributed by atoms with E-state index in [-0.39, 0.29) is 11.7 Å². The van der Waals surface area contributed by atoms with Gasteiger partial charge in [-0.05, 0) is 12.8 Å². The van der Waals surface area contributed by atoms with Gasteiger partial charge in [0.2, 0.25) is 0 Å². The van der Waals surface area contributed by atoms with Crippen molar-refractivity contribution in [3.63, 3.8) is 0 Å². The van der Waals surface area contributed by atoms with Crippen LogP contribution in [0, 0.1) is 17.8 Å². The molecule has 0 aliphatic carbocycles. The van der Waals surface area contributed by atoms with Crippen molar-refractivity contribution in [2.75, 3.05) is 31.7 Å². The van der Waals surface area contributed by atoms with E-state index in [1.165, 1.54) is 6.26 Å². The zero-order valence-corrected chi connectivity index (χ0v) is 12.3. The quantitative estimate of drug-likeness (QED) is 0.306. The van der Waals surface area contributed by atoms with E-state index in [0.717, 1.165) is 0 Å². The van der Waals surface area contributed by atoms with Gasteiger partial charge in [-0.25, -0.2) is 8.42 Å². The molecular weight excluding hydrogens is 252 g/mol. The van der Waals surface area contributed by atoms with Gasteiger partial charge in [0.05, 0.1) is 5.75 Å². The summed E-state index contributed by atoms with van der Waals surface area (Å²) >= 11 is 0. The van der Waals surface area contributed by atoms with Gasteiger partial charge in [-0.2, -0.15) is 0 Å². The number of sulfone groups is 1. The van der Waals surface area contributed by atoms with E-state index in [1.807, 2.05) is 13.8 Å². The normalized spacial score (nSPS) is 12.2. The highest BCUT2D eigenvalue weighted by atomic mass is 32.2. The maximum atomic E-state index is 10.8. The van der Waals surface area contributed by atoms with Crippen LogP contribution in [0.5, 0.6) is 0 Å². The highest BCUT2D eigenvalue weighted by molar-refractivity contribution is 7.90. The number of nitrogens with one attached hydrogen (secondary N) is 1. The molecule has 0 heterocycles. The van der Waals surface area contributed by atoms with E-state index in [1.54, 1.807) is 6.92 Å². The van der Waals surface area contributed by atoms with Crippen LogP contribution in [0.3, 0.4) is 0 Å². The molecule has 0 rings (SSSR count). The van der Waals surface area contributed by atoms with E-state index < -0.39 is 9.84 Å². The van der Waals surface area contributed by atoms with Crippen molar-refractivity contribution in [1.29, 1.82) is 0 Å². The molecule has 18 heavy (non-hydrogen) atoms. The van der Waals surface area contributed by atoms with E-state index >= 15 is 0 Å². The molecule has 0 bridgehead atoms. The molecule has 6 heteroatoms. The van der Waals surface area contributed by atoms with Crippen LogP contribution in [0.15, 0.2) is 5.16 Å². The summed E-state index contributed by atoms with van der Waals surface area (Å²) in [5.41, 5.74) is 0.716. The van der Waals surface area contributed by atoms with Crippen LogP contribution in [0.1, 0.15) is 20.8 Å². The number of hydrogen-bond donors (Lipinski definition) is 1. The Morgan fingerprint density at radius 2 is 2.06 bits per heavy atom. The van der Waals surface area contributed by atoms with Crippen molar-refractivity contribution in [3.05, 3.63) is 0 Å². The summed E-state index contributed by atoms with van der Waals surface area (Å²) in [5.74, 6) is 6.03. The third-order valence-electron chi connectivity index (χ3n) is 1.98. The van der Waals surface area contributed by atoms with Crippen LogP contribution in [0.4, 0.5) is 0 Å². The Morgan fingerprint density at radius 1 is 1.39 bits per heavy atom. The van der Waals surface area contributed by atoms with Gasteiger partial charge in [-0.3, -0.25) is 0 Å². The molecule has 0 aliphatic heterocycles. The molecule has 0 saturated carbocycles. The Balaban J connectivity index is 3.77. The highest BCUT2D eigenvalue weighted by Gasteiger charge is 2.02. The average Bonchev–Trinajstić information content (AvgIpc) is 2.24. The van der Waals surface area contributed by atoms with Crippen LogP contribution >= 0.6 is 0 Å². The van der Waals surface area contributed by atoms with E-state index in [9.17, 15) is 8.42 Å². The smallest absolute Gasteiger partial charge is 0.148 e. The molecule has 0 unspecified atom stereocenters. The zero-order chi connectivity index (χ0) is 14.0. The topological polar surface area (TPSA) is 67.8 Å². The lowest BCUT2D eigenvalue weighted by atomic mass is 10.1. The zero-order valence-electron chi connectivity index (χ0n) is 11.5. The van der Waals surface area contributed by atoms with Crippen LogP contribution < -0.4 is 5.32 Å². The van der Waals surface area contributed by atoms with Crippen LogP contribution in [0.2, 0.25) is 0 Å². The summed E-state index contributed by atoms with van der Waals surface area (Å²) in [4.78, 5) is 5.12. The Labute approximate surface area is 110 Å². The summed E-state index contributed by atoms with van der Waals surface area (Å²) in [5, 5.41) is 6.91. The fraction of sp³-hybridized carbons (Fsp3) is 0.750. The SMILES string of the molecule is CC#C/C(=N\OCCNCCS(C)(=O)=O)C(C)C. The monoisotopic (exact) mass is 274 g/mol. The van der Waals surface area contributed by atoms with Gasteiger partial charge >= 0.3 is 0 Å². The maximum absolute atomic E-state index is 10.8. The number of oxime groups is 1. The van der Waals surface area contributed by atoms with Gasteiger partial charge in [0, 0.05) is 25.3 Å². The van der Waals surface area contributed by atoms with E-state index in [4.69, 9.17) is 4.84 Å². The van der Waals surface area contributed by atoms with E-state index in [2.05, 4.69) is 22.3 Å². The minimum Gasteiger partial charge on any atom is -0.394 e. The molecule has 0 aliphatic rings.